The van der Waals surface area contributed by atoms with Gasteiger partial charge in [-0.1, -0.05) is 24.2 Å². The molecule has 0 saturated carbocycles. The predicted octanol–water partition coefficient (Wildman–Crippen LogP) is 5.57. The van der Waals surface area contributed by atoms with Gasteiger partial charge in [-0.3, -0.25) is 4.68 Å². The van der Waals surface area contributed by atoms with E-state index in [1.165, 1.54) is 0 Å². The fraction of sp³-hybridized carbons (Fsp3) is 0.240. The highest BCUT2D eigenvalue weighted by Crippen LogP contribution is 2.46. The number of nitriles is 1. The van der Waals surface area contributed by atoms with E-state index in [2.05, 4.69) is 46.3 Å². The minimum Gasteiger partial charge on any atom is -0.360 e. The largest absolute Gasteiger partial charge is 0.360 e. The Balaban J connectivity index is 1.74. The molecule has 2 aromatic carbocycles. The monoisotopic (exact) mass is 409 g/mol. The maximum Gasteiger partial charge on any atom is 0.149 e. The standard InChI is InChI=1S/C25H23N5O/c1-4-18-15-30(21-8-5-17(12-26)6-9-21)23-11-19(20-13-27-29(3)14-20)7-10-22(23)24-16(2)28-31-25(18)24/h5-11,13-14,18H,4,15H2,1-3H3. The second-order valence-corrected chi connectivity index (χ2v) is 8.02. The number of nitrogens with zero attached hydrogens (tertiary/aromatic N) is 5. The molecule has 0 saturated heterocycles. The smallest absolute Gasteiger partial charge is 0.149 e. The predicted molar refractivity (Wildman–Crippen MR) is 120 cm³/mol. The molecule has 1 aliphatic heterocycles. The Morgan fingerprint density at radius 3 is 2.65 bits per heavy atom. The molecule has 6 nitrogen and oxygen atoms in total. The van der Waals surface area contributed by atoms with Crippen LogP contribution < -0.4 is 4.90 Å². The van der Waals surface area contributed by atoms with Crippen LogP contribution in [0.15, 0.2) is 59.4 Å². The molecule has 0 N–H and O–H groups in total. The summed E-state index contributed by atoms with van der Waals surface area (Å²) in [4.78, 5) is 2.33. The average Bonchev–Trinajstić information content (AvgIpc) is 3.36. The summed E-state index contributed by atoms with van der Waals surface area (Å²) in [5, 5.41) is 17.8. The highest BCUT2D eigenvalue weighted by molar-refractivity contribution is 5.89. The minimum absolute atomic E-state index is 0.209. The van der Waals surface area contributed by atoms with Crippen molar-refractivity contribution in [3.8, 4) is 28.3 Å². The first-order chi connectivity index (χ1) is 15.1. The zero-order valence-corrected chi connectivity index (χ0v) is 17.8. The molecule has 31 heavy (non-hydrogen) atoms. The van der Waals surface area contributed by atoms with Crippen LogP contribution in [0.4, 0.5) is 11.4 Å². The number of hydrogen-bond donors (Lipinski definition) is 0. The van der Waals surface area contributed by atoms with Crippen molar-refractivity contribution in [3.63, 3.8) is 0 Å². The Kier molecular flexibility index (Phi) is 4.59. The van der Waals surface area contributed by atoms with Crippen molar-refractivity contribution >= 4 is 11.4 Å². The lowest BCUT2D eigenvalue weighted by atomic mass is 9.95. The minimum atomic E-state index is 0.209. The summed E-state index contributed by atoms with van der Waals surface area (Å²) in [5.74, 6) is 1.16. The summed E-state index contributed by atoms with van der Waals surface area (Å²) >= 11 is 0. The third-order valence-electron chi connectivity index (χ3n) is 6.06. The summed E-state index contributed by atoms with van der Waals surface area (Å²) in [6.45, 7) is 4.96. The van der Waals surface area contributed by atoms with Gasteiger partial charge in [-0.05, 0) is 49.2 Å². The third-order valence-corrected chi connectivity index (χ3v) is 6.06. The summed E-state index contributed by atoms with van der Waals surface area (Å²) in [6, 6.07) is 16.5. The lowest BCUT2D eigenvalue weighted by Gasteiger charge is -2.28. The number of fused-ring (bicyclic) bond motifs is 3. The van der Waals surface area contributed by atoms with Gasteiger partial charge in [0, 0.05) is 53.8 Å². The van der Waals surface area contributed by atoms with Gasteiger partial charge in [-0.2, -0.15) is 10.4 Å². The molecular formula is C25H23N5O. The van der Waals surface area contributed by atoms with Gasteiger partial charge in [-0.15, -0.1) is 0 Å². The Morgan fingerprint density at radius 1 is 1.16 bits per heavy atom. The van der Waals surface area contributed by atoms with E-state index >= 15 is 0 Å². The summed E-state index contributed by atoms with van der Waals surface area (Å²) < 4.78 is 7.65. The second-order valence-electron chi connectivity index (χ2n) is 8.02. The Labute approximate surface area is 181 Å². The number of hydrogen-bond acceptors (Lipinski definition) is 5. The van der Waals surface area contributed by atoms with Crippen molar-refractivity contribution in [2.45, 2.75) is 26.2 Å². The molecule has 3 heterocycles. The first-order valence-electron chi connectivity index (χ1n) is 10.5. The Morgan fingerprint density at radius 2 is 1.97 bits per heavy atom. The molecule has 0 bridgehead atoms. The van der Waals surface area contributed by atoms with Crippen molar-refractivity contribution in [3.05, 3.63) is 71.9 Å². The molecular weight excluding hydrogens is 386 g/mol. The average molecular weight is 409 g/mol. The van der Waals surface area contributed by atoms with Crippen LogP contribution in [0.1, 0.15) is 36.3 Å². The highest BCUT2D eigenvalue weighted by atomic mass is 16.5. The fourth-order valence-corrected chi connectivity index (χ4v) is 4.39. The molecule has 4 aromatic rings. The van der Waals surface area contributed by atoms with Crippen LogP contribution in [0.3, 0.4) is 0 Å². The maximum atomic E-state index is 9.22. The van der Waals surface area contributed by atoms with E-state index in [0.29, 0.717) is 5.56 Å². The number of anilines is 2. The number of aryl methyl sites for hydroxylation is 2. The van der Waals surface area contributed by atoms with Crippen LogP contribution >= 0.6 is 0 Å². The summed E-state index contributed by atoms with van der Waals surface area (Å²) in [6.07, 6.45) is 4.85. The van der Waals surface area contributed by atoms with Crippen LogP contribution in [-0.2, 0) is 7.05 Å². The van der Waals surface area contributed by atoms with Crippen LogP contribution in [-0.4, -0.2) is 21.5 Å². The van der Waals surface area contributed by atoms with Gasteiger partial charge in [0.05, 0.1) is 23.5 Å². The van der Waals surface area contributed by atoms with E-state index in [1.54, 1.807) is 0 Å². The SMILES string of the molecule is CCC1CN(c2ccc(C#N)cc2)c2cc(-c3cnn(C)c3)ccc2-c2c(C)noc21. The van der Waals surface area contributed by atoms with Crippen molar-refractivity contribution in [2.24, 2.45) is 7.05 Å². The zero-order valence-electron chi connectivity index (χ0n) is 17.8. The molecule has 0 aliphatic carbocycles. The molecule has 1 unspecified atom stereocenters. The first-order valence-corrected chi connectivity index (χ1v) is 10.5. The first kappa shape index (κ1) is 19.1. The van der Waals surface area contributed by atoms with E-state index in [-0.39, 0.29) is 5.92 Å². The van der Waals surface area contributed by atoms with Gasteiger partial charge in [0.15, 0.2) is 0 Å². The molecule has 0 fully saturated rings. The van der Waals surface area contributed by atoms with Crippen LogP contribution in [0.5, 0.6) is 0 Å². The lowest BCUT2D eigenvalue weighted by Crippen LogP contribution is -2.22. The van der Waals surface area contributed by atoms with E-state index in [1.807, 2.05) is 55.3 Å². The van der Waals surface area contributed by atoms with E-state index in [4.69, 9.17) is 4.52 Å². The van der Waals surface area contributed by atoms with Crippen LogP contribution in [0.2, 0.25) is 0 Å². The van der Waals surface area contributed by atoms with Crippen LogP contribution in [0, 0.1) is 18.3 Å². The fourth-order valence-electron chi connectivity index (χ4n) is 4.39. The normalized spacial score (nSPS) is 15.2. The van der Waals surface area contributed by atoms with Gasteiger partial charge >= 0.3 is 0 Å². The number of benzene rings is 2. The second kappa shape index (κ2) is 7.44. The quantitative estimate of drug-likeness (QED) is 0.442. The Bertz CT molecular complexity index is 1290. The van der Waals surface area contributed by atoms with Gasteiger partial charge in [-0.25, -0.2) is 0 Å². The Hall–Kier alpha value is -3.85. The molecule has 154 valence electrons. The van der Waals surface area contributed by atoms with Crippen molar-refractivity contribution < 1.29 is 4.52 Å². The van der Waals surface area contributed by atoms with E-state index < -0.39 is 0 Å². The van der Waals surface area contributed by atoms with Gasteiger partial charge in [0.1, 0.15) is 5.76 Å². The van der Waals surface area contributed by atoms with Gasteiger partial charge < -0.3 is 9.42 Å². The number of aromatic nitrogens is 3. The molecule has 1 aliphatic rings. The van der Waals surface area contributed by atoms with Crippen molar-refractivity contribution in [1.82, 2.24) is 14.9 Å². The lowest BCUT2D eigenvalue weighted by molar-refractivity contribution is 0.356. The molecule has 6 heteroatoms. The van der Waals surface area contributed by atoms with E-state index in [0.717, 1.165) is 58.0 Å². The van der Waals surface area contributed by atoms with Gasteiger partial charge in [0.25, 0.3) is 0 Å². The topological polar surface area (TPSA) is 70.9 Å². The van der Waals surface area contributed by atoms with Gasteiger partial charge in [0.2, 0.25) is 0 Å². The molecule has 0 radical (unpaired) electrons. The molecule has 1 atom stereocenters. The van der Waals surface area contributed by atoms with Crippen molar-refractivity contribution in [2.75, 3.05) is 11.4 Å². The molecule has 0 amide bonds. The molecule has 2 aromatic heterocycles. The van der Waals surface area contributed by atoms with Crippen molar-refractivity contribution in [1.29, 1.82) is 5.26 Å². The molecule has 5 rings (SSSR count). The maximum absolute atomic E-state index is 9.22. The van der Waals surface area contributed by atoms with E-state index in [9.17, 15) is 5.26 Å². The van der Waals surface area contributed by atoms with Crippen LogP contribution in [0.25, 0.3) is 22.3 Å². The number of rotatable bonds is 3. The highest BCUT2D eigenvalue weighted by Gasteiger charge is 2.32. The summed E-state index contributed by atoms with van der Waals surface area (Å²) in [7, 11) is 1.93. The summed E-state index contributed by atoms with van der Waals surface area (Å²) in [5.41, 5.74) is 8.11. The molecule has 0 spiro atoms. The zero-order chi connectivity index (χ0) is 21.5. The third kappa shape index (κ3) is 3.19.